The Morgan fingerprint density at radius 1 is 1.06 bits per heavy atom. The van der Waals surface area contributed by atoms with Gasteiger partial charge in [0.2, 0.25) is 5.91 Å². The molecule has 2 aromatic heterocycles. The number of nitrogens with zero attached hydrogens (tertiary/aromatic N) is 2. The van der Waals surface area contributed by atoms with Crippen LogP contribution in [-0.4, -0.2) is 16.0 Å². The van der Waals surface area contributed by atoms with Gasteiger partial charge in [-0.3, -0.25) is 9.78 Å². The number of aromatic nitrogens is 1. The Balaban J connectivity index is 1.55. The molecule has 4 aromatic rings. The molecule has 0 unspecified atom stereocenters. The average molecular weight is 473 g/mol. The molecule has 1 amide bonds. The number of rotatable bonds is 5. The van der Waals surface area contributed by atoms with Crippen molar-refractivity contribution in [2.24, 2.45) is 0 Å². The van der Waals surface area contributed by atoms with E-state index in [1.54, 1.807) is 18.3 Å². The first-order valence-corrected chi connectivity index (χ1v) is 11.1. The Bertz CT molecular complexity index is 1320. The minimum atomic E-state index is -0.316. The summed E-state index contributed by atoms with van der Waals surface area (Å²) in [5.74, 6) is 0.884. The van der Waals surface area contributed by atoms with E-state index in [0.717, 1.165) is 16.9 Å². The maximum Gasteiger partial charge on any atom is 0.221 e. The van der Waals surface area contributed by atoms with Crippen molar-refractivity contribution in [1.29, 1.82) is 0 Å². The van der Waals surface area contributed by atoms with Crippen LogP contribution in [0.15, 0.2) is 89.5 Å². The average Bonchev–Trinajstić information content (AvgIpc) is 3.45. The number of halogens is 1. The summed E-state index contributed by atoms with van der Waals surface area (Å²) in [5, 5.41) is 6.70. The third-order valence-electron chi connectivity index (χ3n) is 5.61. The van der Waals surface area contributed by atoms with E-state index in [2.05, 4.69) is 15.6 Å². The van der Waals surface area contributed by atoms with Gasteiger partial charge in [0.1, 0.15) is 23.4 Å². The molecule has 2 N–H and O–H groups in total. The summed E-state index contributed by atoms with van der Waals surface area (Å²) in [4.78, 5) is 17.9. The number of hydrogen-bond donors (Lipinski definition) is 2. The smallest absolute Gasteiger partial charge is 0.221 e. The molecule has 6 nitrogen and oxygen atoms in total. The summed E-state index contributed by atoms with van der Waals surface area (Å²) in [5.41, 5.74) is 3.15. The molecule has 0 bridgehead atoms. The van der Waals surface area contributed by atoms with E-state index in [0.29, 0.717) is 22.3 Å². The topological polar surface area (TPSA) is 70.4 Å². The van der Waals surface area contributed by atoms with Crippen molar-refractivity contribution in [1.82, 2.24) is 10.3 Å². The van der Waals surface area contributed by atoms with Crippen LogP contribution >= 0.6 is 12.2 Å². The number of benzene rings is 2. The van der Waals surface area contributed by atoms with Crippen molar-refractivity contribution in [3.05, 3.63) is 102 Å². The Labute approximate surface area is 201 Å². The van der Waals surface area contributed by atoms with E-state index < -0.39 is 0 Å². The zero-order valence-electron chi connectivity index (χ0n) is 18.2. The lowest BCUT2D eigenvalue weighted by atomic mass is 10.0. The second-order valence-corrected chi connectivity index (χ2v) is 8.32. The Kier molecular flexibility index (Phi) is 5.81. The fraction of sp³-hybridized carbons (Fsp3) is 0.115. The van der Waals surface area contributed by atoms with E-state index in [1.807, 2.05) is 59.5 Å². The number of amides is 1. The van der Waals surface area contributed by atoms with Gasteiger partial charge in [0.05, 0.1) is 11.7 Å². The SMILES string of the molecule is CC(=O)Nc1ccc(N2C(=S)N[C@H](c3ccccn3)[C@@H]2c2ccc(-c3ccc(F)cc3)o2)cc1. The third-order valence-corrected chi connectivity index (χ3v) is 5.93. The highest BCUT2D eigenvalue weighted by molar-refractivity contribution is 7.80. The summed E-state index contributed by atoms with van der Waals surface area (Å²) < 4.78 is 19.7. The maximum absolute atomic E-state index is 13.4. The van der Waals surface area contributed by atoms with Gasteiger partial charge in [0, 0.05) is 30.1 Å². The van der Waals surface area contributed by atoms with Gasteiger partial charge in [-0.05, 0) is 85.0 Å². The number of pyridine rings is 1. The second-order valence-electron chi connectivity index (χ2n) is 7.93. The zero-order chi connectivity index (χ0) is 23.7. The largest absolute Gasteiger partial charge is 0.459 e. The van der Waals surface area contributed by atoms with Crippen LogP contribution in [-0.2, 0) is 4.79 Å². The van der Waals surface area contributed by atoms with Crippen LogP contribution in [0.4, 0.5) is 15.8 Å². The molecular formula is C26H21FN4O2S. The molecule has 1 aliphatic rings. The van der Waals surface area contributed by atoms with Gasteiger partial charge in [0.15, 0.2) is 5.11 Å². The number of hydrogen-bond acceptors (Lipinski definition) is 4. The molecule has 8 heteroatoms. The normalized spacial score (nSPS) is 17.5. The first-order valence-electron chi connectivity index (χ1n) is 10.7. The molecule has 3 heterocycles. The monoisotopic (exact) mass is 472 g/mol. The minimum Gasteiger partial charge on any atom is -0.459 e. The number of anilines is 2. The predicted octanol–water partition coefficient (Wildman–Crippen LogP) is 5.62. The van der Waals surface area contributed by atoms with Crippen molar-refractivity contribution in [3.8, 4) is 11.3 Å². The number of carbonyl (C=O) groups excluding carboxylic acids is 1. The molecule has 1 aliphatic heterocycles. The van der Waals surface area contributed by atoms with Gasteiger partial charge < -0.3 is 20.0 Å². The third kappa shape index (κ3) is 4.27. The molecule has 170 valence electrons. The molecule has 0 saturated carbocycles. The lowest BCUT2D eigenvalue weighted by Crippen LogP contribution is -2.29. The van der Waals surface area contributed by atoms with E-state index in [9.17, 15) is 9.18 Å². The van der Waals surface area contributed by atoms with Crippen LogP contribution in [0.3, 0.4) is 0 Å². The van der Waals surface area contributed by atoms with Gasteiger partial charge in [-0.2, -0.15) is 0 Å². The van der Waals surface area contributed by atoms with Crippen molar-refractivity contribution in [3.63, 3.8) is 0 Å². The molecule has 1 saturated heterocycles. The minimum absolute atomic E-state index is 0.136. The quantitative estimate of drug-likeness (QED) is 0.368. The first kappa shape index (κ1) is 21.8. The standard InChI is InChI=1S/C26H21FN4O2S/c1-16(32)29-19-9-11-20(12-10-19)31-25(24(30-26(31)34)21-4-2-3-15-28-21)23-14-13-22(33-23)17-5-7-18(27)8-6-17/h2-15,24-25H,1H3,(H,29,32)(H,30,34)/t24-,25+/m1/s1. The van der Waals surface area contributed by atoms with Crippen LogP contribution in [0.25, 0.3) is 11.3 Å². The van der Waals surface area contributed by atoms with Gasteiger partial charge in [-0.25, -0.2) is 4.39 Å². The van der Waals surface area contributed by atoms with Crippen molar-refractivity contribution >= 4 is 34.6 Å². The Morgan fingerprint density at radius 3 is 2.50 bits per heavy atom. The lowest BCUT2D eigenvalue weighted by molar-refractivity contribution is -0.114. The van der Waals surface area contributed by atoms with Crippen LogP contribution in [0.2, 0.25) is 0 Å². The summed E-state index contributed by atoms with van der Waals surface area (Å²) in [6.45, 7) is 1.47. The zero-order valence-corrected chi connectivity index (χ0v) is 19.1. The van der Waals surface area contributed by atoms with E-state index >= 15 is 0 Å². The van der Waals surface area contributed by atoms with Gasteiger partial charge in [-0.1, -0.05) is 6.07 Å². The van der Waals surface area contributed by atoms with Crippen molar-refractivity contribution in [2.45, 2.75) is 19.0 Å². The molecule has 2 atom stereocenters. The van der Waals surface area contributed by atoms with Crippen molar-refractivity contribution in [2.75, 3.05) is 10.2 Å². The highest BCUT2D eigenvalue weighted by Crippen LogP contribution is 2.43. The molecule has 0 radical (unpaired) electrons. The highest BCUT2D eigenvalue weighted by atomic mass is 32.1. The number of furan rings is 1. The second kappa shape index (κ2) is 9.07. The summed E-state index contributed by atoms with van der Waals surface area (Å²) in [6, 6.07) is 22.6. The Morgan fingerprint density at radius 2 is 1.82 bits per heavy atom. The molecule has 2 aromatic carbocycles. The van der Waals surface area contributed by atoms with Crippen LogP contribution in [0.5, 0.6) is 0 Å². The number of nitrogens with one attached hydrogen (secondary N) is 2. The van der Waals surface area contributed by atoms with Gasteiger partial charge >= 0.3 is 0 Å². The number of thiocarbonyl (C=S) groups is 1. The molecule has 0 spiro atoms. The summed E-state index contributed by atoms with van der Waals surface area (Å²) >= 11 is 5.73. The predicted molar refractivity (Wildman–Crippen MR) is 133 cm³/mol. The Hall–Kier alpha value is -4.04. The van der Waals surface area contributed by atoms with Gasteiger partial charge in [0.25, 0.3) is 0 Å². The molecule has 34 heavy (non-hydrogen) atoms. The maximum atomic E-state index is 13.4. The van der Waals surface area contributed by atoms with Gasteiger partial charge in [-0.15, -0.1) is 0 Å². The van der Waals surface area contributed by atoms with Crippen LogP contribution in [0.1, 0.15) is 30.5 Å². The fourth-order valence-corrected chi connectivity index (χ4v) is 4.46. The lowest BCUT2D eigenvalue weighted by Gasteiger charge is -2.26. The molecular weight excluding hydrogens is 451 g/mol. The van der Waals surface area contributed by atoms with Crippen LogP contribution < -0.4 is 15.5 Å². The molecule has 1 fully saturated rings. The van der Waals surface area contributed by atoms with E-state index in [1.165, 1.54) is 19.1 Å². The highest BCUT2D eigenvalue weighted by Gasteiger charge is 2.42. The summed E-state index contributed by atoms with van der Waals surface area (Å²) in [7, 11) is 0. The fourth-order valence-electron chi connectivity index (χ4n) is 4.11. The van der Waals surface area contributed by atoms with E-state index in [4.69, 9.17) is 16.6 Å². The summed E-state index contributed by atoms with van der Waals surface area (Å²) in [6.07, 6.45) is 1.74. The first-order chi connectivity index (χ1) is 16.5. The van der Waals surface area contributed by atoms with E-state index in [-0.39, 0.29) is 23.8 Å². The molecule has 5 rings (SSSR count). The molecule has 0 aliphatic carbocycles. The van der Waals surface area contributed by atoms with Crippen molar-refractivity contribution < 1.29 is 13.6 Å². The number of carbonyl (C=O) groups is 1. The van der Waals surface area contributed by atoms with Crippen LogP contribution in [0, 0.1) is 5.82 Å².